The van der Waals surface area contributed by atoms with E-state index in [9.17, 15) is 4.39 Å². The highest BCUT2D eigenvalue weighted by molar-refractivity contribution is 5.46. The van der Waals surface area contributed by atoms with Gasteiger partial charge in [0.05, 0.1) is 0 Å². The van der Waals surface area contributed by atoms with Crippen molar-refractivity contribution in [2.75, 3.05) is 23.7 Å². The van der Waals surface area contributed by atoms with Gasteiger partial charge in [-0.25, -0.2) is 0 Å². The Morgan fingerprint density at radius 1 is 1.14 bits per heavy atom. The highest BCUT2D eigenvalue weighted by atomic mass is 19.1. The number of rotatable bonds is 4. The van der Waals surface area contributed by atoms with E-state index < -0.39 is 5.95 Å². The Kier molecular flexibility index (Phi) is 3.62. The van der Waals surface area contributed by atoms with Crippen molar-refractivity contribution in [3.8, 4) is 0 Å². The normalized spacial score (nSPS) is 10.0. The molecule has 0 bridgehead atoms. The molecule has 14 heavy (non-hydrogen) atoms. The SMILES string of the molecule is CCNc1nc(F)c(C)c(NCC)n1. The van der Waals surface area contributed by atoms with Crippen LogP contribution in [0.25, 0.3) is 0 Å². The van der Waals surface area contributed by atoms with Gasteiger partial charge in [0.1, 0.15) is 5.82 Å². The molecule has 0 aliphatic rings. The van der Waals surface area contributed by atoms with Crippen molar-refractivity contribution in [3.63, 3.8) is 0 Å². The molecule has 0 aliphatic carbocycles. The third-order valence-corrected chi connectivity index (χ3v) is 1.77. The van der Waals surface area contributed by atoms with E-state index in [1.165, 1.54) is 0 Å². The zero-order valence-corrected chi connectivity index (χ0v) is 8.69. The van der Waals surface area contributed by atoms with Gasteiger partial charge >= 0.3 is 0 Å². The number of nitrogens with zero attached hydrogens (tertiary/aromatic N) is 2. The van der Waals surface area contributed by atoms with Gasteiger partial charge in [0.25, 0.3) is 0 Å². The quantitative estimate of drug-likeness (QED) is 0.724. The molecule has 5 heteroatoms. The molecule has 0 amide bonds. The van der Waals surface area contributed by atoms with Crippen molar-refractivity contribution in [2.24, 2.45) is 0 Å². The highest BCUT2D eigenvalue weighted by Gasteiger charge is 2.08. The molecule has 1 rings (SSSR count). The second kappa shape index (κ2) is 4.74. The maximum Gasteiger partial charge on any atom is 0.227 e. The topological polar surface area (TPSA) is 49.8 Å². The van der Waals surface area contributed by atoms with Gasteiger partial charge in [-0.05, 0) is 20.8 Å². The second-order valence-electron chi connectivity index (χ2n) is 2.87. The Labute approximate surface area is 83.0 Å². The summed E-state index contributed by atoms with van der Waals surface area (Å²) in [6.07, 6.45) is 0. The van der Waals surface area contributed by atoms with Gasteiger partial charge in [0.15, 0.2) is 0 Å². The Bertz CT molecular complexity index is 314. The predicted molar refractivity (Wildman–Crippen MR) is 55.1 cm³/mol. The summed E-state index contributed by atoms with van der Waals surface area (Å²) in [5.74, 6) is 0.398. The lowest BCUT2D eigenvalue weighted by molar-refractivity contribution is 0.572. The molecule has 0 atom stereocenters. The van der Waals surface area contributed by atoms with Crippen LogP contribution in [-0.2, 0) is 0 Å². The predicted octanol–water partition coefficient (Wildman–Crippen LogP) is 1.79. The summed E-state index contributed by atoms with van der Waals surface area (Å²) < 4.78 is 13.3. The maximum absolute atomic E-state index is 13.3. The molecular weight excluding hydrogens is 183 g/mol. The lowest BCUT2D eigenvalue weighted by atomic mass is 10.3. The molecule has 1 aromatic rings. The lowest BCUT2D eigenvalue weighted by Crippen LogP contribution is -2.09. The first-order valence-corrected chi connectivity index (χ1v) is 4.70. The van der Waals surface area contributed by atoms with E-state index in [1.54, 1.807) is 6.92 Å². The van der Waals surface area contributed by atoms with Crippen LogP contribution in [0.2, 0.25) is 0 Å². The molecule has 78 valence electrons. The van der Waals surface area contributed by atoms with Crippen LogP contribution in [0, 0.1) is 12.9 Å². The Morgan fingerprint density at radius 2 is 1.79 bits per heavy atom. The van der Waals surface area contributed by atoms with Crippen LogP contribution < -0.4 is 10.6 Å². The Balaban J connectivity index is 3.01. The van der Waals surface area contributed by atoms with Gasteiger partial charge in [0.2, 0.25) is 11.9 Å². The van der Waals surface area contributed by atoms with Crippen LogP contribution >= 0.6 is 0 Å². The molecular formula is C9H15FN4. The summed E-state index contributed by atoms with van der Waals surface area (Å²) in [7, 11) is 0. The fourth-order valence-electron chi connectivity index (χ4n) is 1.07. The van der Waals surface area contributed by atoms with Crippen molar-refractivity contribution >= 4 is 11.8 Å². The fourth-order valence-corrected chi connectivity index (χ4v) is 1.07. The van der Waals surface area contributed by atoms with E-state index in [0.717, 1.165) is 0 Å². The first-order valence-electron chi connectivity index (χ1n) is 4.70. The van der Waals surface area contributed by atoms with Gasteiger partial charge in [0, 0.05) is 18.7 Å². The molecule has 0 aliphatic heterocycles. The highest BCUT2D eigenvalue weighted by Crippen LogP contribution is 2.15. The number of nitrogens with one attached hydrogen (secondary N) is 2. The number of hydrogen-bond acceptors (Lipinski definition) is 4. The largest absolute Gasteiger partial charge is 0.370 e. The lowest BCUT2D eigenvalue weighted by Gasteiger charge is -2.09. The van der Waals surface area contributed by atoms with Crippen molar-refractivity contribution in [1.82, 2.24) is 9.97 Å². The zero-order valence-electron chi connectivity index (χ0n) is 8.69. The Hall–Kier alpha value is -1.39. The van der Waals surface area contributed by atoms with Crippen molar-refractivity contribution in [3.05, 3.63) is 11.5 Å². The smallest absolute Gasteiger partial charge is 0.227 e. The molecule has 2 N–H and O–H groups in total. The van der Waals surface area contributed by atoms with Crippen molar-refractivity contribution in [1.29, 1.82) is 0 Å². The maximum atomic E-state index is 13.3. The van der Waals surface area contributed by atoms with E-state index in [2.05, 4.69) is 20.6 Å². The second-order valence-corrected chi connectivity index (χ2v) is 2.87. The van der Waals surface area contributed by atoms with E-state index in [-0.39, 0.29) is 0 Å². The van der Waals surface area contributed by atoms with Gasteiger partial charge in [-0.15, -0.1) is 0 Å². The molecule has 0 aromatic carbocycles. The van der Waals surface area contributed by atoms with E-state index in [0.29, 0.717) is 30.4 Å². The van der Waals surface area contributed by atoms with Gasteiger partial charge in [-0.3, -0.25) is 0 Å². The first kappa shape index (κ1) is 10.7. The van der Waals surface area contributed by atoms with Crippen molar-refractivity contribution in [2.45, 2.75) is 20.8 Å². The average Bonchev–Trinajstić information content (AvgIpc) is 2.14. The third kappa shape index (κ3) is 2.31. The molecule has 1 aromatic heterocycles. The van der Waals surface area contributed by atoms with Crippen LogP contribution in [0.3, 0.4) is 0 Å². The minimum Gasteiger partial charge on any atom is -0.370 e. The molecule has 1 heterocycles. The van der Waals surface area contributed by atoms with E-state index >= 15 is 0 Å². The molecule has 0 saturated heterocycles. The molecule has 0 fully saturated rings. The monoisotopic (exact) mass is 198 g/mol. The molecule has 0 unspecified atom stereocenters. The summed E-state index contributed by atoms with van der Waals surface area (Å²) in [6, 6.07) is 0. The number of anilines is 2. The molecule has 0 radical (unpaired) electrons. The summed E-state index contributed by atoms with van der Waals surface area (Å²) in [5, 5.41) is 5.86. The fraction of sp³-hybridized carbons (Fsp3) is 0.556. The van der Waals surface area contributed by atoms with Crippen LogP contribution in [0.15, 0.2) is 0 Å². The first-order chi connectivity index (χ1) is 6.69. The average molecular weight is 198 g/mol. The van der Waals surface area contributed by atoms with Crippen LogP contribution in [0.4, 0.5) is 16.2 Å². The summed E-state index contributed by atoms with van der Waals surface area (Å²) in [5.41, 5.74) is 0.452. The van der Waals surface area contributed by atoms with Gasteiger partial charge < -0.3 is 10.6 Å². The zero-order chi connectivity index (χ0) is 10.6. The van der Waals surface area contributed by atoms with Crippen LogP contribution in [-0.4, -0.2) is 23.1 Å². The Morgan fingerprint density at radius 3 is 2.36 bits per heavy atom. The summed E-state index contributed by atoms with van der Waals surface area (Å²) in [6.45, 7) is 6.89. The number of halogens is 1. The standard InChI is InChI=1S/C9H15FN4/c1-4-11-8-6(3)7(10)13-9(14-8)12-5-2/h4-5H2,1-3H3,(H2,11,12,13,14). The van der Waals surface area contributed by atoms with Gasteiger partial charge in [-0.2, -0.15) is 14.4 Å². The summed E-state index contributed by atoms with van der Waals surface area (Å²) >= 11 is 0. The van der Waals surface area contributed by atoms with E-state index in [1.807, 2.05) is 13.8 Å². The van der Waals surface area contributed by atoms with Gasteiger partial charge in [-0.1, -0.05) is 0 Å². The van der Waals surface area contributed by atoms with E-state index in [4.69, 9.17) is 0 Å². The van der Waals surface area contributed by atoms with Crippen molar-refractivity contribution < 1.29 is 4.39 Å². The van der Waals surface area contributed by atoms with Crippen LogP contribution in [0.1, 0.15) is 19.4 Å². The number of aromatic nitrogens is 2. The minimum absolute atomic E-state index is 0.326. The molecule has 0 saturated carbocycles. The minimum atomic E-state index is -0.480. The summed E-state index contributed by atoms with van der Waals surface area (Å²) in [4.78, 5) is 7.82. The molecule has 0 spiro atoms. The number of hydrogen-bond donors (Lipinski definition) is 2. The van der Waals surface area contributed by atoms with Crippen LogP contribution in [0.5, 0.6) is 0 Å². The molecule has 4 nitrogen and oxygen atoms in total. The third-order valence-electron chi connectivity index (χ3n) is 1.77.